The lowest BCUT2D eigenvalue weighted by Crippen LogP contribution is -1.93. The minimum Gasteiger partial charge on any atom is -0.485 e. The minimum atomic E-state index is 0.348. The van der Waals surface area contributed by atoms with Gasteiger partial charge in [-0.3, -0.25) is 0 Å². The Morgan fingerprint density at radius 1 is 1.29 bits per heavy atom. The Labute approximate surface area is 97.0 Å². The van der Waals surface area contributed by atoms with Gasteiger partial charge < -0.3 is 13.7 Å². The second-order valence-corrected chi connectivity index (χ2v) is 3.71. The molecule has 2 heterocycles. The van der Waals surface area contributed by atoms with E-state index >= 15 is 0 Å². The van der Waals surface area contributed by atoms with E-state index in [0.717, 1.165) is 11.2 Å². The van der Waals surface area contributed by atoms with E-state index in [1.807, 2.05) is 25.1 Å². The van der Waals surface area contributed by atoms with Crippen LogP contribution >= 0.6 is 0 Å². The van der Waals surface area contributed by atoms with Crippen LogP contribution < -0.4 is 4.74 Å². The van der Waals surface area contributed by atoms with E-state index in [1.165, 1.54) is 6.39 Å². The van der Waals surface area contributed by atoms with Crippen LogP contribution in [0.5, 0.6) is 5.75 Å². The molecule has 0 N–H and O–H groups in total. The zero-order chi connectivity index (χ0) is 11.7. The first kappa shape index (κ1) is 9.89. The Morgan fingerprint density at radius 3 is 3.06 bits per heavy atom. The van der Waals surface area contributed by atoms with E-state index in [0.29, 0.717) is 23.7 Å². The number of nitrogens with zero attached hydrogens (tertiary/aromatic N) is 2. The summed E-state index contributed by atoms with van der Waals surface area (Å²) in [7, 11) is 0. The molecule has 1 aromatic carbocycles. The average Bonchev–Trinajstić information content (AvgIpc) is 2.94. The maximum atomic E-state index is 5.56. The van der Waals surface area contributed by atoms with Crippen LogP contribution in [-0.4, -0.2) is 10.1 Å². The van der Waals surface area contributed by atoms with Crippen LogP contribution in [0.4, 0.5) is 0 Å². The minimum absolute atomic E-state index is 0.348. The highest BCUT2D eigenvalue weighted by molar-refractivity contribution is 5.73. The van der Waals surface area contributed by atoms with Crippen molar-refractivity contribution >= 4 is 11.1 Å². The van der Waals surface area contributed by atoms with Crippen LogP contribution in [-0.2, 0) is 6.61 Å². The molecule has 5 nitrogen and oxygen atoms in total. The van der Waals surface area contributed by atoms with Gasteiger partial charge in [0.1, 0.15) is 17.9 Å². The fourth-order valence-corrected chi connectivity index (χ4v) is 1.56. The van der Waals surface area contributed by atoms with Crippen molar-refractivity contribution in [1.29, 1.82) is 0 Å². The van der Waals surface area contributed by atoms with Crippen LogP contribution in [0.1, 0.15) is 11.5 Å². The molecule has 0 unspecified atom stereocenters. The van der Waals surface area contributed by atoms with Crippen molar-refractivity contribution in [3.8, 4) is 5.75 Å². The van der Waals surface area contributed by atoms with E-state index in [-0.39, 0.29) is 0 Å². The average molecular weight is 230 g/mol. The lowest BCUT2D eigenvalue weighted by molar-refractivity contribution is 0.249. The molecule has 2 aromatic heterocycles. The Bertz CT molecular complexity index is 642. The molecule has 3 rings (SSSR count). The van der Waals surface area contributed by atoms with Gasteiger partial charge in [0.15, 0.2) is 17.7 Å². The maximum absolute atomic E-state index is 5.56. The quantitative estimate of drug-likeness (QED) is 0.692. The molecule has 0 aliphatic rings. The number of aryl methyl sites for hydroxylation is 1. The number of hydrogen-bond donors (Lipinski definition) is 0. The summed E-state index contributed by atoms with van der Waals surface area (Å²) in [5, 5.41) is 3.79. The summed E-state index contributed by atoms with van der Waals surface area (Å²) in [4.78, 5) is 4.03. The highest BCUT2D eigenvalue weighted by atomic mass is 16.5. The van der Waals surface area contributed by atoms with Crippen molar-refractivity contribution in [2.75, 3.05) is 0 Å². The topological polar surface area (TPSA) is 61.3 Å². The van der Waals surface area contributed by atoms with E-state index in [2.05, 4.69) is 10.1 Å². The zero-order valence-electron chi connectivity index (χ0n) is 9.21. The Hall–Kier alpha value is -2.30. The maximum Gasteiger partial charge on any atom is 0.181 e. The zero-order valence-corrected chi connectivity index (χ0v) is 9.21. The van der Waals surface area contributed by atoms with Gasteiger partial charge in [0.2, 0.25) is 0 Å². The summed E-state index contributed by atoms with van der Waals surface area (Å²) < 4.78 is 15.8. The predicted molar refractivity (Wildman–Crippen MR) is 59.6 cm³/mol. The number of rotatable bonds is 3. The summed E-state index contributed by atoms with van der Waals surface area (Å²) in [5.41, 5.74) is 2.36. The van der Waals surface area contributed by atoms with Gasteiger partial charge in [-0.15, -0.1) is 0 Å². The highest BCUT2D eigenvalue weighted by Gasteiger charge is 2.04. The first-order valence-electron chi connectivity index (χ1n) is 5.19. The van der Waals surface area contributed by atoms with Crippen LogP contribution in [0, 0.1) is 6.92 Å². The molecular formula is C12H10N2O3. The molecule has 0 bridgehead atoms. The summed E-state index contributed by atoms with van der Waals surface area (Å²) in [6.07, 6.45) is 1.41. The smallest absolute Gasteiger partial charge is 0.181 e. The third-order valence-corrected chi connectivity index (χ3v) is 2.36. The fraction of sp³-hybridized carbons (Fsp3) is 0.167. The van der Waals surface area contributed by atoms with Gasteiger partial charge in [-0.1, -0.05) is 5.16 Å². The molecule has 0 amide bonds. The Morgan fingerprint density at radius 2 is 2.24 bits per heavy atom. The van der Waals surface area contributed by atoms with Crippen LogP contribution in [0.25, 0.3) is 11.1 Å². The first-order valence-corrected chi connectivity index (χ1v) is 5.19. The number of fused-ring (bicyclic) bond motifs is 1. The number of ether oxygens (including phenoxy) is 1. The molecule has 5 heteroatoms. The van der Waals surface area contributed by atoms with Gasteiger partial charge in [-0.05, 0) is 19.1 Å². The molecule has 86 valence electrons. The summed E-state index contributed by atoms with van der Waals surface area (Å²) >= 11 is 0. The summed E-state index contributed by atoms with van der Waals surface area (Å²) in [5.74, 6) is 1.41. The number of hydrogen-bond acceptors (Lipinski definition) is 5. The van der Waals surface area contributed by atoms with Gasteiger partial charge in [-0.2, -0.15) is 0 Å². The third-order valence-electron chi connectivity index (χ3n) is 2.36. The van der Waals surface area contributed by atoms with E-state index in [1.54, 1.807) is 6.07 Å². The van der Waals surface area contributed by atoms with E-state index in [9.17, 15) is 0 Å². The Balaban J connectivity index is 1.76. The van der Waals surface area contributed by atoms with Gasteiger partial charge in [0.25, 0.3) is 0 Å². The van der Waals surface area contributed by atoms with Crippen molar-refractivity contribution in [1.82, 2.24) is 10.1 Å². The Kier molecular flexibility index (Phi) is 2.29. The molecule has 0 spiro atoms. The van der Waals surface area contributed by atoms with Crippen LogP contribution in [0.3, 0.4) is 0 Å². The van der Waals surface area contributed by atoms with E-state index < -0.39 is 0 Å². The van der Waals surface area contributed by atoms with Crippen molar-refractivity contribution in [3.63, 3.8) is 0 Å². The van der Waals surface area contributed by atoms with Gasteiger partial charge >= 0.3 is 0 Å². The third kappa shape index (κ3) is 1.99. The molecule has 0 aliphatic carbocycles. The summed E-state index contributed by atoms with van der Waals surface area (Å²) in [6, 6.07) is 7.33. The molecule has 0 fully saturated rings. The normalized spacial score (nSPS) is 10.9. The second kappa shape index (κ2) is 3.93. The number of aromatic nitrogens is 2. The number of benzene rings is 1. The van der Waals surface area contributed by atoms with Crippen LogP contribution in [0.15, 0.2) is 39.6 Å². The van der Waals surface area contributed by atoms with Crippen molar-refractivity contribution < 1.29 is 13.7 Å². The predicted octanol–water partition coefficient (Wildman–Crippen LogP) is 2.70. The van der Waals surface area contributed by atoms with E-state index in [4.69, 9.17) is 13.7 Å². The SMILES string of the molecule is Cc1cc(COc2ccc3ncoc3c2)on1. The van der Waals surface area contributed by atoms with Crippen molar-refractivity contribution in [3.05, 3.63) is 42.1 Å². The lowest BCUT2D eigenvalue weighted by atomic mass is 10.3. The second-order valence-electron chi connectivity index (χ2n) is 3.71. The van der Waals surface area contributed by atoms with Crippen molar-refractivity contribution in [2.24, 2.45) is 0 Å². The monoisotopic (exact) mass is 230 g/mol. The molecule has 3 aromatic rings. The molecular weight excluding hydrogens is 220 g/mol. The molecule has 17 heavy (non-hydrogen) atoms. The molecule has 0 saturated carbocycles. The van der Waals surface area contributed by atoms with Gasteiger partial charge in [0, 0.05) is 12.1 Å². The number of oxazole rings is 1. The molecule has 0 radical (unpaired) electrons. The molecule has 0 aliphatic heterocycles. The lowest BCUT2D eigenvalue weighted by Gasteiger charge is -2.02. The van der Waals surface area contributed by atoms with Crippen molar-refractivity contribution in [2.45, 2.75) is 13.5 Å². The highest BCUT2D eigenvalue weighted by Crippen LogP contribution is 2.20. The standard InChI is InChI=1S/C12H10N2O3/c1-8-4-10(17-14-8)6-15-9-2-3-11-12(5-9)16-7-13-11/h2-5,7H,6H2,1H3. The molecule has 0 saturated heterocycles. The fourth-order valence-electron chi connectivity index (χ4n) is 1.56. The first-order chi connectivity index (χ1) is 8.31. The van der Waals surface area contributed by atoms with Crippen LogP contribution in [0.2, 0.25) is 0 Å². The summed E-state index contributed by atoms with van der Waals surface area (Å²) in [6.45, 7) is 2.22. The van der Waals surface area contributed by atoms with Gasteiger partial charge in [0.05, 0.1) is 5.69 Å². The van der Waals surface area contributed by atoms with Gasteiger partial charge in [-0.25, -0.2) is 4.98 Å². The largest absolute Gasteiger partial charge is 0.485 e. The molecule has 0 atom stereocenters.